The molecule has 27 heavy (non-hydrogen) atoms. The number of rotatable bonds is 6. The van der Waals surface area contributed by atoms with Crippen molar-refractivity contribution in [3.8, 4) is 17.6 Å². The van der Waals surface area contributed by atoms with Gasteiger partial charge < -0.3 is 14.4 Å². The molecule has 1 aliphatic rings. The molecule has 0 radical (unpaired) electrons. The summed E-state index contributed by atoms with van der Waals surface area (Å²) in [4.78, 5) is 18.2. The fourth-order valence-corrected chi connectivity index (χ4v) is 2.94. The van der Waals surface area contributed by atoms with E-state index in [1.807, 2.05) is 17.0 Å². The van der Waals surface area contributed by atoms with Crippen molar-refractivity contribution in [3.63, 3.8) is 0 Å². The molecule has 3 rings (SSSR count). The summed E-state index contributed by atoms with van der Waals surface area (Å²) < 4.78 is 11.0. The SMILES string of the molecule is COc1cc(/C=C(/C#N)c2ccccn2)ccc1OCC(=O)N1CCCC1. The Balaban J connectivity index is 1.74. The molecule has 6 heteroatoms. The second kappa shape index (κ2) is 8.86. The maximum Gasteiger partial charge on any atom is 0.260 e. The predicted octanol–water partition coefficient (Wildman–Crippen LogP) is 3.16. The summed E-state index contributed by atoms with van der Waals surface area (Å²) >= 11 is 0. The molecular formula is C21H21N3O3. The first-order valence-electron chi connectivity index (χ1n) is 8.83. The topological polar surface area (TPSA) is 75.5 Å². The summed E-state index contributed by atoms with van der Waals surface area (Å²) in [7, 11) is 1.54. The molecular weight excluding hydrogens is 342 g/mol. The van der Waals surface area contributed by atoms with Crippen LogP contribution in [0.5, 0.6) is 11.5 Å². The van der Waals surface area contributed by atoms with Crippen molar-refractivity contribution < 1.29 is 14.3 Å². The van der Waals surface area contributed by atoms with Crippen molar-refractivity contribution in [3.05, 3.63) is 53.9 Å². The number of aromatic nitrogens is 1. The minimum atomic E-state index is -0.0135. The summed E-state index contributed by atoms with van der Waals surface area (Å²) in [5, 5.41) is 9.41. The molecule has 1 amide bonds. The molecule has 0 saturated carbocycles. The molecule has 2 aromatic rings. The highest BCUT2D eigenvalue weighted by molar-refractivity contribution is 5.88. The maximum absolute atomic E-state index is 12.1. The van der Waals surface area contributed by atoms with Crippen LogP contribution in [-0.4, -0.2) is 42.6 Å². The third-order valence-electron chi connectivity index (χ3n) is 4.37. The van der Waals surface area contributed by atoms with Gasteiger partial charge in [-0.2, -0.15) is 5.26 Å². The van der Waals surface area contributed by atoms with Crippen molar-refractivity contribution in [1.82, 2.24) is 9.88 Å². The Labute approximate surface area is 158 Å². The predicted molar refractivity (Wildman–Crippen MR) is 102 cm³/mol. The minimum absolute atomic E-state index is 0.0110. The van der Waals surface area contributed by atoms with Gasteiger partial charge in [0.1, 0.15) is 6.07 Å². The van der Waals surface area contributed by atoms with E-state index in [2.05, 4.69) is 11.1 Å². The van der Waals surface area contributed by atoms with Gasteiger partial charge in [-0.3, -0.25) is 9.78 Å². The first-order valence-corrected chi connectivity index (χ1v) is 8.83. The van der Waals surface area contributed by atoms with Crippen molar-refractivity contribution in [2.24, 2.45) is 0 Å². The number of methoxy groups -OCH3 is 1. The summed E-state index contributed by atoms with van der Waals surface area (Å²) in [5.41, 5.74) is 1.85. The number of carbonyl (C=O) groups excluding carboxylic acids is 1. The zero-order valence-corrected chi connectivity index (χ0v) is 15.2. The van der Waals surface area contributed by atoms with E-state index in [0.29, 0.717) is 22.8 Å². The highest BCUT2D eigenvalue weighted by Gasteiger charge is 2.18. The normalized spacial score (nSPS) is 13.9. The number of benzene rings is 1. The van der Waals surface area contributed by atoms with E-state index in [1.165, 1.54) is 0 Å². The molecule has 0 atom stereocenters. The Kier molecular flexibility index (Phi) is 6.06. The number of pyridine rings is 1. The molecule has 1 aromatic carbocycles. The van der Waals surface area contributed by atoms with E-state index in [4.69, 9.17) is 9.47 Å². The van der Waals surface area contributed by atoms with Gasteiger partial charge in [-0.25, -0.2) is 0 Å². The van der Waals surface area contributed by atoms with Gasteiger partial charge in [-0.1, -0.05) is 12.1 Å². The molecule has 0 bridgehead atoms. The molecule has 2 heterocycles. The zero-order chi connectivity index (χ0) is 19.1. The number of nitriles is 1. The van der Waals surface area contributed by atoms with Crippen LogP contribution in [0.4, 0.5) is 0 Å². The molecule has 1 saturated heterocycles. The lowest BCUT2D eigenvalue weighted by Crippen LogP contribution is -2.32. The van der Waals surface area contributed by atoms with E-state index in [9.17, 15) is 10.1 Å². The van der Waals surface area contributed by atoms with E-state index in [0.717, 1.165) is 31.5 Å². The Hall–Kier alpha value is -3.33. The Bertz CT molecular complexity index is 866. The van der Waals surface area contributed by atoms with Crippen LogP contribution in [0.1, 0.15) is 24.1 Å². The third-order valence-corrected chi connectivity index (χ3v) is 4.37. The lowest BCUT2D eigenvalue weighted by Gasteiger charge is -2.16. The maximum atomic E-state index is 12.1. The van der Waals surface area contributed by atoms with E-state index < -0.39 is 0 Å². The van der Waals surface area contributed by atoms with Gasteiger partial charge in [-0.05, 0) is 48.7 Å². The Morgan fingerprint density at radius 1 is 1.26 bits per heavy atom. The monoisotopic (exact) mass is 363 g/mol. The second-order valence-electron chi connectivity index (χ2n) is 6.17. The average Bonchev–Trinajstić information content (AvgIpc) is 3.26. The van der Waals surface area contributed by atoms with Crippen molar-refractivity contribution in [1.29, 1.82) is 5.26 Å². The minimum Gasteiger partial charge on any atom is -0.493 e. The van der Waals surface area contributed by atoms with Gasteiger partial charge >= 0.3 is 0 Å². The molecule has 1 aromatic heterocycles. The van der Waals surface area contributed by atoms with Crippen LogP contribution in [0.2, 0.25) is 0 Å². The first kappa shape index (κ1) is 18.5. The lowest BCUT2D eigenvalue weighted by atomic mass is 10.1. The van der Waals surface area contributed by atoms with E-state index >= 15 is 0 Å². The number of amides is 1. The summed E-state index contributed by atoms with van der Waals surface area (Å²) in [5.74, 6) is 0.996. The van der Waals surface area contributed by atoms with Gasteiger partial charge in [0.15, 0.2) is 18.1 Å². The molecule has 0 N–H and O–H groups in total. The Morgan fingerprint density at radius 3 is 2.74 bits per heavy atom. The zero-order valence-electron chi connectivity index (χ0n) is 15.2. The largest absolute Gasteiger partial charge is 0.493 e. The number of carbonyl (C=O) groups is 1. The number of hydrogen-bond donors (Lipinski definition) is 0. The van der Waals surface area contributed by atoms with Crippen molar-refractivity contribution >= 4 is 17.6 Å². The summed E-state index contributed by atoms with van der Waals surface area (Å²) in [6, 6.07) is 12.9. The molecule has 1 fully saturated rings. The Morgan fingerprint density at radius 2 is 2.07 bits per heavy atom. The van der Waals surface area contributed by atoms with Crippen LogP contribution in [0.3, 0.4) is 0 Å². The van der Waals surface area contributed by atoms with Crippen molar-refractivity contribution in [2.75, 3.05) is 26.8 Å². The third kappa shape index (κ3) is 4.64. The number of nitrogens with zero attached hydrogens (tertiary/aromatic N) is 3. The van der Waals surface area contributed by atoms with Crippen LogP contribution in [0.15, 0.2) is 42.6 Å². The van der Waals surface area contributed by atoms with Gasteiger partial charge in [-0.15, -0.1) is 0 Å². The molecule has 0 unspecified atom stereocenters. The molecule has 0 aliphatic carbocycles. The van der Waals surface area contributed by atoms with Crippen LogP contribution >= 0.6 is 0 Å². The highest BCUT2D eigenvalue weighted by atomic mass is 16.5. The van der Waals surface area contributed by atoms with Gasteiger partial charge in [0, 0.05) is 19.3 Å². The van der Waals surface area contributed by atoms with Crippen LogP contribution in [-0.2, 0) is 4.79 Å². The fraction of sp³-hybridized carbons (Fsp3) is 0.286. The molecule has 6 nitrogen and oxygen atoms in total. The van der Waals surface area contributed by atoms with Gasteiger partial charge in [0.05, 0.1) is 18.4 Å². The standard InChI is InChI=1S/C21H21N3O3/c1-26-20-13-16(12-17(14-22)18-6-2-3-9-23-18)7-8-19(20)27-15-21(25)24-10-4-5-11-24/h2-3,6-9,12-13H,4-5,10-11,15H2,1H3/b17-12-. The molecule has 0 spiro atoms. The van der Waals surface area contributed by atoms with Crippen molar-refractivity contribution in [2.45, 2.75) is 12.8 Å². The summed E-state index contributed by atoms with van der Waals surface area (Å²) in [6.45, 7) is 1.59. The number of likely N-dealkylation sites (tertiary alicyclic amines) is 1. The number of hydrogen-bond acceptors (Lipinski definition) is 5. The van der Waals surface area contributed by atoms with Crippen LogP contribution in [0, 0.1) is 11.3 Å². The molecule has 1 aliphatic heterocycles. The molecule has 138 valence electrons. The summed E-state index contributed by atoms with van der Waals surface area (Å²) in [6.07, 6.45) is 5.49. The first-order chi connectivity index (χ1) is 13.2. The van der Waals surface area contributed by atoms with Gasteiger partial charge in [0.25, 0.3) is 5.91 Å². The lowest BCUT2D eigenvalue weighted by molar-refractivity contribution is -0.132. The smallest absolute Gasteiger partial charge is 0.260 e. The average molecular weight is 363 g/mol. The fourth-order valence-electron chi connectivity index (χ4n) is 2.94. The number of ether oxygens (including phenoxy) is 2. The van der Waals surface area contributed by atoms with Crippen LogP contribution in [0.25, 0.3) is 11.6 Å². The van der Waals surface area contributed by atoms with E-state index in [-0.39, 0.29) is 12.5 Å². The quantitative estimate of drug-likeness (QED) is 0.737. The van der Waals surface area contributed by atoms with Crippen LogP contribution < -0.4 is 9.47 Å². The second-order valence-corrected chi connectivity index (χ2v) is 6.17. The van der Waals surface area contributed by atoms with Gasteiger partial charge in [0.2, 0.25) is 0 Å². The number of allylic oxidation sites excluding steroid dienone is 1. The van der Waals surface area contributed by atoms with E-state index in [1.54, 1.807) is 43.6 Å². The highest BCUT2D eigenvalue weighted by Crippen LogP contribution is 2.29.